The van der Waals surface area contributed by atoms with Gasteiger partial charge < -0.3 is 14.8 Å². The number of methoxy groups -OCH3 is 1. The molecule has 1 aromatic heterocycles. The van der Waals surface area contributed by atoms with Crippen molar-refractivity contribution >= 4 is 34.4 Å². The van der Waals surface area contributed by atoms with Gasteiger partial charge in [-0.25, -0.2) is 4.98 Å². The number of halogens is 1. The molecule has 1 unspecified atom stereocenters. The summed E-state index contributed by atoms with van der Waals surface area (Å²) < 4.78 is 14.1. The van der Waals surface area contributed by atoms with Gasteiger partial charge in [-0.2, -0.15) is 5.26 Å². The third-order valence-electron chi connectivity index (χ3n) is 6.52. The molecule has 0 saturated heterocycles. The molecule has 0 spiro atoms. The minimum Gasteiger partial charge on any atom is -0.493 e. The van der Waals surface area contributed by atoms with Gasteiger partial charge in [0.15, 0.2) is 11.5 Å². The Bertz CT molecular complexity index is 1550. The Morgan fingerprint density at radius 1 is 1.10 bits per heavy atom. The lowest BCUT2D eigenvalue weighted by atomic mass is 10.1. The van der Waals surface area contributed by atoms with E-state index < -0.39 is 0 Å². The van der Waals surface area contributed by atoms with Crippen molar-refractivity contribution in [3.8, 4) is 23.3 Å². The minimum atomic E-state index is -0.0703. The molecule has 7 nitrogen and oxygen atoms in total. The number of thioether (sulfide) groups is 1. The molecule has 4 aromatic rings. The number of alkyl halides is 1. The summed E-state index contributed by atoms with van der Waals surface area (Å²) in [5.41, 5.74) is 5.71. The van der Waals surface area contributed by atoms with Gasteiger partial charge in [0.1, 0.15) is 12.9 Å². The SMILES string of the molecule is COc1cc(-n2cnc3c(c2=O)SC(c2ccc(CI)cc2)C3)ccc1OCCNCc1ccc(C#N)cc1. The van der Waals surface area contributed by atoms with Crippen molar-refractivity contribution in [3.05, 3.63) is 111 Å². The average Bonchev–Trinajstić information content (AvgIpc) is 3.43. The van der Waals surface area contributed by atoms with E-state index in [4.69, 9.17) is 14.7 Å². The highest BCUT2D eigenvalue weighted by molar-refractivity contribution is 14.1. The summed E-state index contributed by atoms with van der Waals surface area (Å²) >= 11 is 3.95. The highest BCUT2D eigenvalue weighted by Gasteiger charge is 2.28. The predicted molar refractivity (Wildman–Crippen MR) is 161 cm³/mol. The first-order valence-corrected chi connectivity index (χ1v) is 14.9. The summed E-state index contributed by atoms with van der Waals surface area (Å²) in [6.07, 6.45) is 2.35. The Kier molecular flexibility index (Phi) is 8.86. The van der Waals surface area contributed by atoms with Crippen LogP contribution in [0, 0.1) is 11.3 Å². The van der Waals surface area contributed by atoms with Crippen LogP contribution in [0.4, 0.5) is 0 Å². The van der Waals surface area contributed by atoms with Crippen molar-refractivity contribution in [2.24, 2.45) is 0 Å². The number of ether oxygens (including phenoxy) is 2. The van der Waals surface area contributed by atoms with Crippen LogP contribution in [-0.4, -0.2) is 29.8 Å². The fourth-order valence-electron chi connectivity index (χ4n) is 4.37. The lowest BCUT2D eigenvalue weighted by Gasteiger charge is -2.14. The molecule has 0 aliphatic carbocycles. The van der Waals surface area contributed by atoms with Gasteiger partial charge in [0.2, 0.25) is 0 Å². The molecule has 2 heterocycles. The summed E-state index contributed by atoms with van der Waals surface area (Å²) in [5, 5.41) is 12.4. The first-order valence-electron chi connectivity index (χ1n) is 12.5. The maximum Gasteiger partial charge on any atom is 0.271 e. The molecule has 0 amide bonds. The molecule has 0 bridgehead atoms. The molecule has 3 aromatic carbocycles. The van der Waals surface area contributed by atoms with Gasteiger partial charge in [0.05, 0.1) is 35.0 Å². The summed E-state index contributed by atoms with van der Waals surface area (Å²) in [7, 11) is 1.59. The van der Waals surface area contributed by atoms with E-state index in [1.807, 2.05) is 36.4 Å². The van der Waals surface area contributed by atoms with Crippen LogP contribution >= 0.6 is 34.4 Å². The van der Waals surface area contributed by atoms with Gasteiger partial charge in [0.25, 0.3) is 5.56 Å². The number of hydrogen-bond donors (Lipinski definition) is 1. The molecule has 39 heavy (non-hydrogen) atoms. The highest BCUT2D eigenvalue weighted by Crippen LogP contribution is 2.44. The molecule has 9 heteroatoms. The molecule has 1 aliphatic rings. The van der Waals surface area contributed by atoms with Crippen molar-refractivity contribution < 1.29 is 9.47 Å². The van der Waals surface area contributed by atoms with Gasteiger partial charge in [0, 0.05) is 35.3 Å². The van der Waals surface area contributed by atoms with Crippen LogP contribution in [0.1, 0.15) is 33.2 Å². The van der Waals surface area contributed by atoms with E-state index in [1.165, 1.54) is 11.1 Å². The third kappa shape index (κ3) is 6.30. The van der Waals surface area contributed by atoms with Crippen molar-refractivity contribution in [2.75, 3.05) is 20.3 Å². The first-order chi connectivity index (χ1) is 19.1. The van der Waals surface area contributed by atoms with E-state index in [-0.39, 0.29) is 10.8 Å². The van der Waals surface area contributed by atoms with E-state index in [0.717, 1.165) is 22.1 Å². The lowest BCUT2D eigenvalue weighted by molar-refractivity contribution is 0.292. The monoisotopic (exact) mass is 650 g/mol. The lowest BCUT2D eigenvalue weighted by Crippen LogP contribution is -2.21. The first kappa shape index (κ1) is 27.2. The van der Waals surface area contributed by atoms with Crippen molar-refractivity contribution in [1.29, 1.82) is 5.26 Å². The second-order valence-corrected chi connectivity index (χ2v) is 11.0. The minimum absolute atomic E-state index is 0.0703. The summed E-state index contributed by atoms with van der Waals surface area (Å²) in [4.78, 5) is 18.8. The summed E-state index contributed by atoms with van der Waals surface area (Å²) in [6, 6.07) is 23.7. The topological polar surface area (TPSA) is 89.2 Å². The molecule has 198 valence electrons. The number of hydrogen-bond acceptors (Lipinski definition) is 7. The average molecular weight is 651 g/mol. The molecule has 1 aliphatic heterocycles. The van der Waals surface area contributed by atoms with Gasteiger partial charge in [-0.3, -0.25) is 9.36 Å². The Morgan fingerprint density at radius 3 is 2.59 bits per heavy atom. The fraction of sp³-hybridized carbons (Fsp3) is 0.233. The number of rotatable bonds is 10. The third-order valence-corrected chi connectivity index (χ3v) is 8.77. The molecular formula is C30H27IN4O3S. The Hall–Kier alpha value is -3.33. The Labute approximate surface area is 245 Å². The zero-order valence-electron chi connectivity index (χ0n) is 21.4. The number of nitrogens with zero attached hydrogens (tertiary/aromatic N) is 3. The fourth-order valence-corrected chi connectivity index (χ4v) is 6.17. The largest absolute Gasteiger partial charge is 0.493 e. The van der Waals surface area contributed by atoms with Crippen LogP contribution in [0.15, 0.2) is 82.7 Å². The normalized spacial score (nSPS) is 14.0. The number of benzene rings is 3. The van der Waals surface area contributed by atoms with E-state index in [9.17, 15) is 4.79 Å². The van der Waals surface area contributed by atoms with Crippen LogP contribution in [0.2, 0.25) is 0 Å². The zero-order valence-corrected chi connectivity index (χ0v) is 24.4. The van der Waals surface area contributed by atoms with Crippen molar-refractivity contribution in [2.45, 2.75) is 27.5 Å². The highest BCUT2D eigenvalue weighted by atomic mass is 127. The van der Waals surface area contributed by atoms with E-state index in [0.29, 0.717) is 47.3 Å². The summed E-state index contributed by atoms with van der Waals surface area (Å²) in [6.45, 7) is 1.77. The van der Waals surface area contributed by atoms with Gasteiger partial charge in [-0.05, 0) is 41.0 Å². The molecule has 0 fully saturated rings. The maximum absolute atomic E-state index is 13.4. The van der Waals surface area contributed by atoms with Crippen LogP contribution < -0.4 is 20.3 Å². The van der Waals surface area contributed by atoms with Crippen molar-refractivity contribution in [3.63, 3.8) is 0 Å². The molecule has 5 rings (SSSR count). The number of nitriles is 1. The Balaban J connectivity index is 1.22. The van der Waals surface area contributed by atoms with Crippen molar-refractivity contribution in [1.82, 2.24) is 14.9 Å². The van der Waals surface area contributed by atoms with Gasteiger partial charge in [-0.15, -0.1) is 11.8 Å². The molecule has 0 radical (unpaired) electrons. The van der Waals surface area contributed by atoms with Crippen LogP contribution in [-0.2, 0) is 17.4 Å². The van der Waals surface area contributed by atoms with Crippen LogP contribution in [0.5, 0.6) is 11.5 Å². The second kappa shape index (κ2) is 12.7. The standard InChI is InChI=1S/C30H27IN4O3S/c1-37-27-14-24(10-11-26(27)38-13-12-33-18-22-4-2-21(17-32)3-5-22)35-19-34-25-15-28(39-29(25)30(35)36)23-8-6-20(16-31)7-9-23/h2-11,14,19,28,33H,12-13,15-16,18H2,1H3. The quantitative estimate of drug-likeness (QED) is 0.136. The van der Waals surface area contributed by atoms with Gasteiger partial charge in [-0.1, -0.05) is 59.0 Å². The smallest absolute Gasteiger partial charge is 0.271 e. The predicted octanol–water partition coefficient (Wildman–Crippen LogP) is 5.61. The second-order valence-electron chi connectivity index (χ2n) is 9.05. The molecule has 1 atom stereocenters. The molecular weight excluding hydrogens is 623 g/mol. The van der Waals surface area contributed by atoms with Crippen LogP contribution in [0.3, 0.4) is 0 Å². The molecule has 1 N–H and O–H groups in total. The van der Waals surface area contributed by atoms with Crippen LogP contribution in [0.25, 0.3) is 5.69 Å². The number of aromatic nitrogens is 2. The number of nitrogens with one attached hydrogen (secondary N) is 1. The van der Waals surface area contributed by atoms with Gasteiger partial charge >= 0.3 is 0 Å². The Morgan fingerprint density at radius 2 is 1.87 bits per heavy atom. The summed E-state index contributed by atoms with van der Waals surface area (Å²) in [5.74, 6) is 1.15. The van der Waals surface area contributed by atoms with E-state index in [1.54, 1.807) is 35.8 Å². The van der Waals surface area contributed by atoms with E-state index in [2.05, 4.69) is 63.2 Å². The zero-order chi connectivity index (χ0) is 27.2. The molecule has 0 saturated carbocycles. The maximum atomic E-state index is 13.4. The number of fused-ring (bicyclic) bond motifs is 1. The van der Waals surface area contributed by atoms with E-state index >= 15 is 0 Å².